The minimum absolute atomic E-state index is 0.112. The summed E-state index contributed by atoms with van der Waals surface area (Å²) in [4.78, 5) is 41.5. The van der Waals surface area contributed by atoms with E-state index in [1.165, 1.54) is 5.56 Å². The van der Waals surface area contributed by atoms with Gasteiger partial charge in [-0.25, -0.2) is 9.97 Å². The van der Waals surface area contributed by atoms with E-state index in [1.807, 2.05) is 30.0 Å². The van der Waals surface area contributed by atoms with Crippen molar-refractivity contribution >= 4 is 17.8 Å². The predicted octanol–water partition coefficient (Wildman–Crippen LogP) is 2.96. The van der Waals surface area contributed by atoms with Crippen molar-refractivity contribution in [2.24, 2.45) is 11.8 Å². The monoisotopic (exact) mass is 528 g/mol. The zero-order chi connectivity index (χ0) is 26.5. The Balaban J connectivity index is 1.20. The summed E-state index contributed by atoms with van der Waals surface area (Å²) in [6.07, 6.45) is 6.62. The molecule has 1 saturated heterocycles. The first-order chi connectivity index (χ1) is 19.1. The van der Waals surface area contributed by atoms with Crippen LogP contribution in [0.25, 0.3) is 17.2 Å². The number of likely N-dealkylation sites (tertiary alicyclic amines) is 1. The van der Waals surface area contributed by atoms with Gasteiger partial charge in [0.05, 0.1) is 24.8 Å². The minimum atomic E-state index is -0.246. The van der Waals surface area contributed by atoms with Gasteiger partial charge in [0.1, 0.15) is 17.4 Å². The van der Waals surface area contributed by atoms with Gasteiger partial charge in [0.25, 0.3) is 0 Å². The lowest BCUT2D eigenvalue weighted by Gasteiger charge is -2.17. The van der Waals surface area contributed by atoms with E-state index in [0.29, 0.717) is 44.4 Å². The van der Waals surface area contributed by atoms with Crippen LogP contribution in [-0.2, 0) is 33.6 Å². The first-order valence-corrected chi connectivity index (χ1v) is 14.0. The molecule has 4 heterocycles. The van der Waals surface area contributed by atoms with Crippen molar-refractivity contribution in [1.29, 1.82) is 0 Å². The van der Waals surface area contributed by atoms with Gasteiger partial charge in [-0.3, -0.25) is 14.2 Å². The van der Waals surface area contributed by atoms with Crippen molar-refractivity contribution in [3.63, 3.8) is 0 Å². The zero-order valence-electron chi connectivity index (χ0n) is 22.1. The Hall–Kier alpha value is -3.95. The molecule has 4 aliphatic rings. The molecule has 0 radical (unpaired) electrons. The van der Waals surface area contributed by atoms with E-state index in [2.05, 4.69) is 20.9 Å². The van der Waals surface area contributed by atoms with Crippen LogP contribution in [0.2, 0.25) is 0 Å². The van der Waals surface area contributed by atoms with Gasteiger partial charge < -0.3 is 19.7 Å². The number of hydrogen-bond donors (Lipinski definition) is 1. The number of benzene rings is 1. The Morgan fingerprint density at radius 3 is 2.87 bits per heavy atom. The summed E-state index contributed by atoms with van der Waals surface area (Å²) in [5.41, 5.74) is 4.03. The molecule has 2 aliphatic heterocycles. The Morgan fingerprint density at radius 1 is 1.13 bits per heavy atom. The molecule has 2 aromatic heterocycles. The lowest BCUT2D eigenvalue weighted by Crippen LogP contribution is -2.32. The van der Waals surface area contributed by atoms with Gasteiger partial charge in [-0.05, 0) is 56.0 Å². The molecule has 202 valence electrons. The number of carbonyl (C=O) groups excluding carboxylic acids is 2. The van der Waals surface area contributed by atoms with E-state index in [4.69, 9.17) is 19.4 Å². The lowest BCUT2D eigenvalue weighted by atomic mass is 10.1. The molecule has 2 atom stereocenters. The smallest absolute Gasteiger partial charge is 0.309 e. The molecule has 3 aromatic rings. The summed E-state index contributed by atoms with van der Waals surface area (Å²) in [5.74, 6) is 3.02. The fraction of sp³-hybridized carbons (Fsp3) is 0.483. The van der Waals surface area contributed by atoms with E-state index in [1.54, 1.807) is 6.20 Å². The summed E-state index contributed by atoms with van der Waals surface area (Å²) in [5, 5.41) is 3.45. The van der Waals surface area contributed by atoms with Crippen LogP contribution in [0.4, 0.5) is 5.95 Å². The summed E-state index contributed by atoms with van der Waals surface area (Å²) in [6, 6.07) is 8.17. The second-order valence-electron chi connectivity index (χ2n) is 10.9. The van der Waals surface area contributed by atoms with Crippen LogP contribution in [0.1, 0.15) is 43.1 Å². The van der Waals surface area contributed by atoms with Crippen LogP contribution in [0.5, 0.6) is 5.75 Å². The Morgan fingerprint density at radius 2 is 2.03 bits per heavy atom. The number of fused-ring (bicyclic) bond motifs is 2. The van der Waals surface area contributed by atoms with Crippen LogP contribution in [0.15, 0.2) is 30.5 Å². The van der Waals surface area contributed by atoms with E-state index in [0.717, 1.165) is 60.8 Å². The average Bonchev–Trinajstić information content (AvgIpc) is 3.26. The SMILES string of the molecule is CCOC(=O)C1Cc2nc(-c3ccc4c(c3)CCO4)n(-c3ccnc(N[C@H]4CCN(C(=O)C5CC5)C4)n3)c2C1. The number of ether oxygens (including phenoxy) is 2. The van der Waals surface area contributed by atoms with Crippen molar-refractivity contribution in [1.82, 2.24) is 24.4 Å². The number of imidazole rings is 1. The molecule has 1 unspecified atom stereocenters. The quantitative estimate of drug-likeness (QED) is 0.466. The number of carbonyl (C=O) groups is 2. The molecule has 39 heavy (non-hydrogen) atoms. The normalized spacial score (nSPS) is 21.4. The number of hydrogen-bond acceptors (Lipinski definition) is 8. The molecule has 0 spiro atoms. The Kier molecular flexibility index (Phi) is 5.97. The second-order valence-corrected chi connectivity index (χ2v) is 10.9. The second kappa shape index (κ2) is 9.66. The molecule has 1 N–H and O–H groups in total. The van der Waals surface area contributed by atoms with Gasteiger partial charge in [-0.15, -0.1) is 0 Å². The molecule has 2 fully saturated rings. The van der Waals surface area contributed by atoms with Crippen LogP contribution in [0, 0.1) is 11.8 Å². The van der Waals surface area contributed by atoms with Crippen molar-refractivity contribution in [3.05, 3.63) is 47.4 Å². The van der Waals surface area contributed by atoms with Crippen molar-refractivity contribution in [3.8, 4) is 23.0 Å². The van der Waals surface area contributed by atoms with Crippen LogP contribution in [0.3, 0.4) is 0 Å². The maximum Gasteiger partial charge on any atom is 0.309 e. The first-order valence-electron chi connectivity index (χ1n) is 14.0. The van der Waals surface area contributed by atoms with E-state index in [9.17, 15) is 9.59 Å². The third kappa shape index (κ3) is 4.51. The summed E-state index contributed by atoms with van der Waals surface area (Å²) in [6.45, 7) is 4.32. The summed E-state index contributed by atoms with van der Waals surface area (Å²) in [7, 11) is 0. The molecule has 0 bridgehead atoms. The van der Waals surface area contributed by atoms with E-state index >= 15 is 0 Å². The number of nitrogens with one attached hydrogen (secondary N) is 1. The maximum absolute atomic E-state index is 12.6. The van der Waals surface area contributed by atoms with Gasteiger partial charge in [-0.1, -0.05) is 0 Å². The topological polar surface area (TPSA) is 111 Å². The van der Waals surface area contributed by atoms with Gasteiger partial charge in [0, 0.05) is 61.8 Å². The number of amides is 1. The molecule has 10 nitrogen and oxygen atoms in total. The van der Waals surface area contributed by atoms with Gasteiger partial charge in [0.15, 0.2) is 0 Å². The van der Waals surface area contributed by atoms with E-state index in [-0.39, 0.29) is 29.8 Å². The summed E-state index contributed by atoms with van der Waals surface area (Å²) >= 11 is 0. The fourth-order valence-electron chi connectivity index (χ4n) is 6.00. The van der Waals surface area contributed by atoms with Crippen molar-refractivity contribution in [2.75, 3.05) is 31.6 Å². The zero-order valence-corrected chi connectivity index (χ0v) is 22.1. The number of esters is 1. The predicted molar refractivity (Wildman–Crippen MR) is 143 cm³/mol. The molecule has 2 aliphatic carbocycles. The molecule has 7 rings (SSSR count). The highest BCUT2D eigenvalue weighted by atomic mass is 16.5. The number of aromatic nitrogens is 4. The van der Waals surface area contributed by atoms with Gasteiger partial charge >= 0.3 is 5.97 Å². The molecule has 1 amide bonds. The fourth-order valence-corrected chi connectivity index (χ4v) is 6.00. The largest absolute Gasteiger partial charge is 0.493 e. The first kappa shape index (κ1) is 24.1. The maximum atomic E-state index is 12.6. The standard InChI is InChI=1S/C29H32N6O4/c1-2-38-28(37)20-14-22-23(15-20)35(26(32-22)19-5-6-24-18(13-19)9-12-39-24)25-7-10-30-29(33-25)31-21-8-11-34(16-21)27(36)17-3-4-17/h5-7,10,13,17,20-21H,2-4,8-9,11-12,14-16H2,1H3,(H,30,31,33)/t20?,21-/m0/s1. The number of rotatable bonds is 7. The molecular formula is C29H32N6O4. The molecule has 1 saturated carbocycles. The van der Waals surface area contributed by atoms with Crippen LogP contribution >= 0.6 is 0 Å². The van der Waals surface area contributed by atoms with Gasteiger partial charge in [-0.2, -0.15) is 4.98 Å². The van der Waals surface area contributed by atoms with Crippen molar-refractivity contribution < 1.29 is 19.1 Å². The average molecular weight is 529 g/mol. The molecular weight excluding hydrogens is 496 g/mol. The highest BCUT2D eigenvalue weighted by Crippen LogP contribution is 2.37. The van der Waals surface area contributed by atoms with Crippen LogP contribution < -0.4 is 10.1 Å². The highest BCUT2D eigenvalue weighted by molar-refractivity contribution is 5.81. The molecule has 10 heteroatoms. The summed E-state index contributed by atoms with van der Waals surface area (Å²) < 4.78 is 13.1. The number of anilines is 1. The minimum Gasteiger partial charge on any atom is -0.493 e. The van der Waals surface area contributed by atoms with Crippen LogP contribution in [-0.4, -0.2) is 68.6 Å². The third-order valence-electron chi connectivity index (χ3n) is 8.13. The Bertz CT molecular complexity index is 1450. The molecule has 1 aromatic carbocycles. The number of nitrogens with zero attached hydrogens (tertiary/aromatic N) is 5. The van der Waals surface area contributed by atoms with Crippen molar-refractivity contribution in [2.45, 2.75) is 51.5 Å². The van der Waals surface area contributed by atoms with E-state index < -0.39 is 0 Å². The third-order valence-corrected chi connectivity index (χ3v) is 8.13. The lowest BCUT2D eigenvalue weighted by molar-refractivity contribution is -0.147. The van der Waals surface area contributed by atoms with Gasteiger partial charge in [0.2, 0.25) is 11.9 Å². The Labute approximate surface area is 226 Å². The highest BCUT2D eigenvalue weighted by Gasteiger charge is 2.37.